The Balaban J connectivity index is 1.35. The largest absolute Gasteiger partial charge is 0.392 e. The molecule has 1 saturated heterocycles. The molecule has 0 saturated carbocycles. The van der Waals surface area contributed by atoms with Gasteiger partial charge in [-0.25, -0.2) is 4.68 Å². The first-order chi connectivity index (χ1) is 19.4. The number of hydrogen-bond acceptors (Lipinski definition) is 9. The van der Waals surface area contributed by atoms with E-state index in [1.807, 2.05) is 48.5 Å². The molecule has 0 aliphatic carbocycles. The second kappa shape index (κ2) is 14.9. The van der Waals surface area contributed by atoms with Crippen molar-refractivity contribution in [1.29, 1.82) is 0 Å². The minimum Gasteiger partial charge on any atom is -0.392 e. The number of rotatable bonds is 13. The Morgan fingerprint density at radius 2 is 1.80 bits per heavy atom. The van der Waals surface area contributed by atoms with E-state index in [0.29, 0.717) is 36.0 Å². The van der Waals surface area contributed by atoms with Gasteiger partial charge in [-0.3, -0.25) is 9.59 Å². The average molecular weight is 569 g/mol. The highest BCUT2D eigenvalue weighted by Gasteiger charge is 2.32. The van der Waals surface area contributed by atoms with Gasteiger partial charge < -0.3 is 25.2 Å². The number of aliphatic hydroxyl groups is 1. The first-order valence-corrected chi connectivity index (χ1v) is 14.4. The molecule has 214 valence electrons. The second-order valence-electron chi connectivity index (χ2n) is 9.71. The average Bonchev–Trinajstić information content (AvgIpc) is 3.38. The maximum atomic E-state index is 12.4. The highest BCUT2D eigenvalue weighted by molar-refractivity contribution is 7.99. The van der Waals surface area contributed by atoms with Gasteiger partial charge in [0.1, 0.15) is 0 Å². The van der Waals surface area contributed by atoms with E-state index in [0.717, 1.165) is 36.0 Å². The number of nitrogens with one attached hydrogen (secondary N) is 2. The lowest BCUT2D eigenvalue weighted by atomic mass is 10.0. The molecular weight excluding hydrogens is 532 g/mol. The number of aromatic nitrogens is 4. The van der Waals surface area contributed by atoms with Crippen LogP contribution in [0.4, 0.5) is 5.69 Å². The number of thioether (sulfide) groups is 1. The number of aryl methyl sites for hydroxylation is 1. The molecule has 4 rings (SSSR count). The van der Waals surface area contributed by atoms with E-state index in [1.165, 1.54) is 18.7 Å². The van der Waals surface area contributed by atoms with Crippen molar-refractivity contribution < 1.29 is 24.2 Å². The van der Waals surface area contributed by atoms with Gasteiger partial charge in [0.2, 0.25) is 17.0 Å². The van der Waals surface area contributed by atoms with Crippen LogP contribution in [0.5, 0.6) is 0 Å². The van der Waals surface area contributed by atoms with Gasteiger partial charge in [0.25, 0.3) is 0 Å². The van der Waals surface area contributed by atoms with Gasteiger partial charge in [0, 0.05) is 50.4 Å². The molecule has 12 heteroatoms. The number of nitrogens with zero attached hydrogens (tertiary/aromatic N) is 4. The first kappa shape index (κ1) is 29.7. The van der Waals surface area contributed by atoms with Crippen LogP contribution in [-0.2, 0) is 32.7 Å². The van der Waals surface area contributed by atoms with E-state index in [9.17, 15) is 14.7 Å². The van der Waals surface area contributed by atoms with Crippen LogP contribution in [-0.4, -0.2) is 55.5 Å². The Hall–Kier alpha value is -3.32. The van der Waals surface area contributed by atoms with E-state index in [-0.39, 0.29) is 30.6 Å². The maximum absolute atomic E-state index is 12.4. The molecule has 1 aliphatic rings. The third-order valence-corrected chi connectivity index (χ3v) is 7.66. The zero-order valence-corrected chi connectivity index (χ0v) is 23.6. The lowest BCUT2D eigenvalue weighted by Gasteiger charge is -2.36. The fourth-order valence-corrected chi connectivity index (χ4v) is 5.20. The summed E-state index contributed by atoms with van der Waals surface area (Å²) in [5.74, 6) is 0.573. The lowest BCUT2D eigenvalue weighted by molar-refractivity contribution is -0.245. The van der Waals surface area contributed by atoms with Crippen molar-refractivity contribution in [3.63, 3.8) is 0 Å². The molecule has 0 unspecified atom stereocenters. The summed E-state index contributed by atoms with van der Waals surface area (Å²) in [5, 5.41) is 27.5. The van der Waals surface area contributed by atoms with Gasteiger partial charge >= 0.3 is 0 Å². The molecule has 11 nitrogen and oxygen atoms in total. The monoisotopic (exact) mass is 568 g/mol. The summed E-state index contributed by atoms with van der Waals surface area (Å²) in [4.78, 5) is 23.3. The molecule has 2 amide bonds. The molecule has 2 aromatic carbocycles. The number of unbranched alkanes of at least 4 members (excludes halogenated alkanes) is 2. The topological polar surface area (TPSA) is 140 Å². The predicted molar refractivity (Wildman–Crippen MR) is 150 cm³/mol. The van der Waals surface area contributed by atoms with E-state index >= 15 is 0 Å². The van der Waals surface area contributed by atoms with Gasteiger partial charge in [-0.05, 0) is 46.5 Å². The number of aliphatic hydroxyl groups excluding tert-OH is 1. The number of anilines is 1. The summed E-state index contributed by atoms with van der Waals surface area (Å²) < 4.78 is 14.4. The van der Waals surface area contributed by atoms with Crippen molar-refractivity contribution in [2.24, 2.45) is 7.05 Å². The van der Waals surface area contributed by atoms with Gasteiger partial charge in [-0.15, -0.1) is 5.10 Å². The van der Waals surface area contributed by atoms with Crippen LogP contribution in [0.2, 0.25) is 0 Å². The Labute approximate surface area is 238 Å². The van der Waals surface area contributed by atoms with Crippen LogP contribution >= 0.6 is 11.8 Å². The fraction of sp³-hybridized carbons (Fsp3) is 0.464. The zero-order valence-electron chi connectivity index (χ0n) is 22.8. The third kappa shape index (κ3) is 8.85. The molecule has 1 aliphatic heterocycles. The minimum atomic E-state index is -0.590. The molecule has 1 fully saturated rings. The van der Waals surface area contributed by atoms with Crippen molar-refractivity contribution >= 4 is 29.3 Å². The van der Waals surface area contributed by atoms with E-state index in [1.54, 1.807) is 11.7 Å². The molecule has 0 spiro atoms. The van der Waals surface area contributed by atoms with E-state index < -0.39 is 6.29 Å². The van der Waals surface area contributed by atoms with Crippen LogP contribution in [0, 0.1) is 0 Å². The predicted octanol–water partition coefficient (Wildman–Crippen LogP) is 3.68. The van der Waals surface area contributed by atoms with Crippen molar-refractivity contribution in [3.8, 4) is 0 Å². The maximum Gasteiger partial charge on any atom is 0.224 e. The molecule has 3 atom stereocenters. The van der Waals surface area contributed by atoms with Crippen LogP contribution in [0.3, 0.4) is 0 Å². The molecule has 0 bridgehead atoms. The van der Waals surface area contributed by atoms with Crippen LogP contribution in [0.15, 0.2) is 53.7 Å². The molecule has 1 aromatic heterocycles. The number of hydrogen-bond donors (Lipinski definition) is 3. The SMILES string of the molecule is CC(=O)NCCCCCC(=O)Nc1ccc([C@@H]2O[C@H](CSc3nnnn3C)C[C@H](c3ccc(CO)cc3)O2)cc1. The fourth-order valence-electron chi connectivity index (χ4n) is 4.33. The summed E-state index contributed by atoms with van der Waals surface area (Å²) in [6, 6.07) is 15.3. The summed E-state index contributed by atoms with van der Waals surface area (Å²) in [7, 11) is 1.80. The Kier molecular flexibility index (Phi) is 11.0. The number of tetrazole rings is 1. The van der Waals surface area contributed by atoms with Crippen molar-refractivity contribution in [2.45, 2.75) is 69.3 Å². The van der Waals surface area contributed by atoms with Crippen LogP contribution in [0.25, 0.3) is 0 Å². The summed E-state index contributed by atoms with van der Waals surface area (Å²) in [6.07, 6.45) is 2.67. The van der Waals surface area contributed by atoms with Crippen molar-refractivity contribution in [3.05, 3.63) is 65.2 Å². The van der Waals surface area contributed by atoms with Gasteiger partial charge in [0.15, 0.2) is 6.29 Å². The Morgan fingerprint density at radius 1 is 1.05 bits per heavy atom. The Bertz CT molecular complexity index is 1240. The quantitative estimate of drug-likeness (QED) is 0.208. The molecule has 0 radical (unpaired) electrons. The number of ether oxygens (including phenoxy) is 2. The number of amides is 2. The second-order valence-corrected chi connectivity index (χ2v) is 10.7. The highest BCUT2D eigenvalue weighted by Crippen LogP contribution is 2.39. The molecule has 3 aromatic rings. The number of benzene rings is 2. The zero-order chi connectivity index (χ0) is 28.3. The third-order valence-electron chi connectivity index (χ3n) is 6.52. The first-order valence-electron chi connectivity index (χ1n) is 13.4. The van der Waals surface area contributed by atoms with Crippen LogP contribution < -0.4 is 10.6 Å². The molecular formula is C28H36N6O5S. The minimum absolute atomic E-state index is 0.00989. The summed E-state index contributed by atoms with van der Waals surface area (Å²) in [6.45, 7) is 2.12. The van der Waals surface area contributed by atoms with Gasteiger partial charge in [0.05, 0.1) is 18.8 Å². The van der Waals surface area contributed by atoms with Crippen molar-refractivity contribution in [1.82, 2.24) is 25.5 Å². The summed E-state index contributed by atoms with van der Waals surface area (Å²) in [5.41, 5.74) is 3.42. The molecule has 2 heterocycles. The van der Waals surface area contributed by atoms with Gasteiger partial charge in [-0.1, -0.05) is 54.6 Å². The van der Waals surface area contributed by atoms with Gasteiger partial charge in [-0.2, -0.15) is 0 Å². The number of carbonyl (C=O) groups excluding carboxylic acids is 2. The van der Waals surface area contributed by atoms with E-state index in [4.69, 9.17) is 9.47 Å². The van der Waals surface area contributed by atoms with Crippen LogP contribution in [0.1, 0.15) is 68.1 Å². The lowest BCUT2D eigenvalue weighted by Crippen LogP contribution is -2.31. The van der Waals surface area contributed by atoms with E-state index in [2.05, 4.69) is 26.2 Å². The smallest absolute Gasteiger partial charge is 0.224 e. The molecule has 3 N–H and O–H groups in total. The highest BCUT2D eigenvalue weighted by atomic mass is 32.2. The Morgan fingerprint density at radius 3 is 2.48 bits per heavy atom. The summed E-state index contributed by atoms with van der Waals surface area (Å²) >= 11 is 1.53. The number of carbonyl (C=O) groups is 2. The standard InChI is InChI=1S/C28H36N6O5S/c1-19(36)29-15-5-3-4-6-26(37)30-23-13-11-22(12-14-23)27-38-24(18-40-28-31-32-33-34(28)2)16-25(39-27)21-9-7-20(17-35)8-10-21/h7-14,24-25,27,35H,3-6,15-18H2,1-2H3,(H,29,36)(H,30,37)/t24-,25+,27+/m0/s1. The van der Waals surface area contributed by atoms with Crippen molar-refractivity contribution in [2.75, 3.05) is 17.6 Å². The normalized spacial score (nSPS) is 18.8. The molecule has 40 heavy (non-hydrogen) atoms.